The molecule has 2 aromatic rings. The summed E-state index contributed by atoms with van der Waals surface area (Å²) in [4.78, 5) is 6.80. The minimum absolute atomic E-state index is 0.187. The molecule has 176 valence electrons. The molecule has 0 spiro atoms. The van der Waals surface area contributed by atoms with Crippen LogP contribution < -0.4 is 10.1 Å². The molecule has 5 rings (SSSR count). The van der Waals surface area contributed by atoms with E-state index in [1.165, 1.54) is 36.8 Å². The molecule has 1 fully saturated rings. The number of likely N-dealkylation sites (N-methyl/N-ethyl adjacent to an activating group) is 1. The van der Waals surface area contributed by atoms with Crippen LogP contribution >= 0.6 is 0 Å². The number of ether oxygens (including phenoxy) is 3. The first-order valence-corrected chi connectivity index (χ1v) is 12.2. The van der Waals surface area contributed by atoms with Crippen LogP contribution in [-0.2, 0) is 21.3 Å². The Morgan fingerprint density at radius 2 is 2.00 bits per heavy atom. The van der Waals surface area contributed by atoms with E-state index in [0.717, 1.165) is 23.5 Å². The standard InChI is InChI=1S/C27H35N3O3/c1-30-10-9-27-8-4-3-5-24(27)26(30)15-20-6-7-21(17-25(20)27)29-22-16-23(19-28-18-22)33-14-13-32-12-11-31-2/h6-7,9-10,16-19,24,26,29H,3-5,8,11-15H2,1-2H3/t24-,26+,27+/m0/s1. The molecule has 1 aliphatic heterocycles. The molecule has 1 saturated carbocycles. The highest BCUT2D eigenvalue weighted by Crippen LogP contribution is 2.54. The second kappa shape index (κ2) is 9.74. The lowest BCUT2D eigenvalue weighted by Gasteiger charge is -2.55. The third-order valence-corrected chi connectivity index (χ3v) is 7.58. The Morgan fingerprint density at radius 1 is 1.09 bits per heavy atom. The van der Waals surface area contributed by atoms with Gasteiger partial charge in [-0.2, -0.15) is 0 Å². The number of benzene rings is 1. The monoisotopic (exact) mass is 449 g/mol. The van der Waals surface area contributed by atoms with Gasteiger partial charge in [0.1, 0.15) is 12.4 Å². The lowest BCUT2D eigenvalue weighted by Crippen LogP contribution is -2.55. The average molecular weight is 450 g/mol. The summed E-state index contributed by atoms with van der Waals surface area (Å²) in [5, 5.41) is 3.56. The predicted molar refractivity (Wildman–Crippen MR) is 130 cm³/mol. The zero-order chi connectivity index (χ0) is 22.7. The summed E-state index contributed by atoms with van der Waals surface area (Å²) < 4.78 is 16.2. The van der Waals surface area contributed by atoms with Crippen molar-refractivity contribution in [2.24, 2.45) is 5.92 Å². The van der Waals surface area contributed by atoms with Gasteiger partial charge in [0.05, 0.1) is 37.9 Å². The summed E-state index contributed by atoms with van der Waals surface area (Å²) in [5.41, 5.74) is 5.25. The van der Waals surface area contributed by atoms with Crippen LogP contribution in [0.5, 0.6) is 5.75 Å². The third kappa shape index (κ3) is 4.46. The number of anilines is 2. The summed E-state index contributed by atoms with van der Waals surface area (Å²) in [6, 6.07) is 9.54. The van der Waals surface area contributed by atoms with Crippen LogP contribution in [0.1, 0.15) is 36.8 Å². The molecular weight excluding hydrogens is 414 g/mol. The molecule has 3 atom stereocenters. The van der Waals surface area contributed by atoms with Crippen molar-refractivity contribution in [3.05, 3.63) is 60.1 Å². The Morgan fingerprint density at radius 3 is 2.91 bits per heavy atom. The summed E-state index contributed by atoms with van der Waals surface area (Å²) in [5.74, 6) is 1.45. The van der Waals surface area contributed by atoms with Gasteiger partial charge < -0.3 is 24.4 Å². The molecular formula is C27H35N3O3. The molecule has 2 aliphatic carbocycles. The second-order valence-electron chi connectivity index (χ2n) is 9.51. The molecule has 0 unspecified atom stereocenters. The number of nitrogens with zero attached hydrogens (tertiary/aromatic N) is 2. The number of allylic oxidation sites excluding steroid dienone is 1. The number of nitrogens with one attached hydrogen (secondary N) is 1. The van der Waals surface area contributed by atoms with Crippen molar-refractivity contribution >= 4 is 11.4 Å². The minimum atomic E-state index is 0.187. The third-order valence-electron chi connectivity index (χ3n) is 7.58. The van der Waals surface area contributed by atoms with E-state index >= 15 is 0 Å². The number of hydrogen-bond donors (Lipinski definition) is 1. The van der Waals surface area contributed by atoms with Crippen LogP contribution in [0.3, 0.4) is 0 Å². The molecule has 2 heterocycles. The van der Waals surface area contributed by atoms with Gasteiger partial charge in [-0.1, -0.05) is 25.0 Å². The molecule has 6 heteroatoms. The zero-order valence-corrected chi connectivity index (χ0v) is 19.8. The van der Waals surface area contributed by atoms with Crippen LogP contribution in [-0.4, -0.2) is 56.5 Å². The Labute approximate surface area is 196 Å². The van der Waals surface area contributed by atoms with E-state index in [1.807, 2.05) is 12.3 Å². The van der Waals surface area contributed by atoms with E-state index in [-0.39, 0.29) is 5.41 Å². The van der Waals surface area contributed by atoms with Crippen molar-refractivity contribution in [3.63, 3.8) is 0 Å². The molecule has 2 bridgehead atoms. The molecule has 0 radical (unpaired) electrons. The van der Waals surface area contributed by atoms with Gasteiger partial charge in [-0.05, 0) is 54.6 Å². The largest absolute Gasteiger partial charge is 0.489 e. The Balaban J connectivity index is 1.31. The van der Waals surface area contributed by atoms with Gasteiger partial charge in [-0.25, -0.2) is 0 Å². The SMILES string of the molecule is COCCOCCOc1cncc(Nc2ccc3c(c2)[C@]24C=CN(C)[C@H](C3)[C@@H]2CCCC4)c1. The molecule has 0 saturated heterocycles. The van der Waals surface area contributed by atoms with E-state index in [0.29, 0.717) is 38.4 Å². The van der Waals surface area contributed by atoms with Gasteiger partial charge in [0.15, 0.2) is 0 Å². The normalized spacial score (nSPS) is 25.3. The highest BCUT2D eigenvalue weighted by atomic mass is 16.5. The predicted octanol–water partition coefficient (Wildman–Crippen LogP) is 4.68. The number of pyridine rings is 1. The summed E-state index contributed by atoms with van der Waals surface area (Å²) in [7, 11) is 3.91. The van der Waals surface area contributed by atoms with Crippen LogP contribution in [0.2, 0.25) is 0 Å². The van der Waals surface area contributed by atoms with Crippen LogP contribution in [0.4, 0.5) is 11.4 Å². The van der Waals surface area contributed by atoms with Gasteiger partial charge in [-0.3, -0.25) is 4.98 Å². The molecule has 0 amide bonds. The van der Waals surface area contributed by atoms with E-state index in [1.54, 1.807) is 13.3 Å². The average Bonchev–Trinajstić information content (AvgIpc) is 2.84. The lowest BCUT2D eigenvalue weighted by molar-refractivity contribution is 0.0544. The lowest BCUT2D eigenvalue weighted by atomic mass is 9.54. The van der Waals surface area contributed by atoms with Crippen LogP contribution in [0.25, 0.3) is 0 Å². The van der Waals surface area contributed by atoms with Gasteiger partial charge in [0.2, 0.25) is 0 Å². The quantitative estimate of drug-likeness (QED) is 0.561. The molecule has 6 nitrogen and oxygen atoms in total. The maximum atomic E-state index is 5.81. The van der Waals surface area contributed by atoms with Gasteiger partial charge in [-0.15, -0.1) is 0 Å². The zero-order valence-electron chi connectivity index (χ0n) is 19.8. The van der Waals surface area contributed by atoms with Gasteiger partial charge >= 0.3 is 0 Å². The van der Waals surface area contributed by atoms with Crippen molar-refractivity contribution in [1.29, 1.82) is 0 Å². The Hall–Kier alpha value is -2.57. The van der Waals surface area contributed by atoms with Crippen LogP contribution in [0, 0.1) is 5.92 Å². The smallest absolute Gasteiger partial charge is 0.139 e. The Kier molecular flexibility index (Phi) is 6.56. The second-order valence-corrected chi connectivity index (χ2v) is 9.51. The van der Waals surface area contributed by atoms with E-state index in [4.69, 9.17) is 14.2 Å². The molecule has 33 heavy (non-hydrogen) atoms. The maximum Gasteiger partial charge on any atom is 0.139 e. The molecule has 3 aliphatic rings. The Bertz CT molecular complexity index is 994. The van der Waals surface area contributed by atoms with Crippen molar-refractivity contribution in [2.45, 2.75) is 43.6 Å². The first kappa shape index (κ1) is 22.2. The number of methoxy groups -OCH3 is 1. The van der Waals surface area contributed by atoms with Crippen molar-refractivity contribution in [1.82, 2.24) is 9.88 Å². The van der Waals surface area contributed by atoms with Crippen LogP contribution in [0.15, 0.2) is 48.9 Å². The molecule has 1 aromatic carbocycles. The number of hydrogen-bond acceptors (Lipinski definition) is 6. The summed E-state index contributed by atoms with van der Waals surface area (Å²) in [6.45, 7) is 2.18. The highest BCUT2D eigenvalue weighted by molar-refractivity contribution is 5.63. The summed E-state index contributed by atoms with van der Waals surface area (Å²) in [6.07, 6.45) is 14.8. The fourth-order valence-electron chi connectivity index (χ4n) is 6.01. The van der Waals surface area contributed by atoms with Gasteiger partial charge in [0.25, 0.3) is 0 Å². The fraction of sp³-hybridized carbons (Fsp3) is 0.519. The van der Waals surface area contributed by atoms with Crippen molar-refractivity contribution < 1.29 is 14.2 Å². The first-order valence-electron chi connectivity index (χ1n) is 12.2. The summed E-state index contributed by atoms with van der Waals surface area (Å²) >= 11 is 0. The highest BCUT2D eigenvalue weighted by Gasteiger charge is 2.51. The number of rotatable bonds is 9. The van der Waals surface area contributed by atoms with Crippen molar-refractivity contribution in [3.8, 4) is 5.75 Å². The van der Waals surface area contributed by atoms with Gasteiger partial charge in [0, 0.05) is 37.4 Å². The van der Waals surface area contributed by atoms with Crippen molar-refractivity contribution in [2.75, 3.05) is 45.9 Å². The first-order chi connectivity index (χ1) is 16.2. The minimum Gasteiger partial charge on any atom is -0.489 e. The number of aromatic nitrogens is 1. The number of fused-ring (bicyclic) bond motifs is 1. The van der Waals surface area contributed by atoms with E-state index < -0.39 is 0 Å². The maximum absolute atomic E-state index is 5.81. The van der Waals surface area contributed by atoms with E-state index in [2.05, 4.69) is 52.7 Å². The van der Waals surface area contributed by atoms with E-state index in [9.17, 15) is 0 Å². The topological polar surface area (TPSA) is 55.9 Å². The molecule has 1 aromatic heterocycles. The molecule has 1 N–H and O–H groups in total. The fourth-order valence-corrected chi connectivity index (χ4v) is 6.01.